The van der Waals surface area contributed by atoms with E-state index in [9.17, 15) is 0 Å². The number of hydrogen-bond donors (Lipinski definition) is 0. The van der Waals surface area contributed by atoms with E-state index in [1.807, 2.05) is 16.7 Å². The second-order valence-electron chi connectivity index (χ2n) is 21.5. The first-order chi connectivity index (χ1) is 23.2. The minimum atomic E-state index is 0.128. The van der Waals surface area contributed by atoms with Crippen LogP contribution in [0.15, 0.2) is 71.3 Å². The highest BCUT2D eigenvalue weighted by Gasteiger charge is 2.61. The van der Waals surface area contributed by atoms with Gasteiger partial charge < -0.3 is 0 Å². The van der Waals surface area contributed by atoms with Gasteiger partial charge in [0.15, 0.2) is 0 Å². The standard InChI is InChI=1S/C49H62/c1-28(2)49(45-41-20-34(46(3,4)5)11-13-37(41)38-14-12-35(21-42(38)45)47(6,7)8)27-43(39-19-29-9-10-33(39)18-29)40-22-36(23-44(40)49)48-24-30-15-31(25-48)17-32(16-30)26-48/h9-14,20-21,23,28-33,39,43,45H,15-19,22,24-27H2,1-8H3. The van der Waals surface area contributed by atoms with Crippen molar-refractivity contribution in [3.8, 4) is 11.1 Å². The molecule has 0 spiro atoms. The zero-order valence-corrected chi connectivity index (χ0v) is 32.0. The van der Waals surface area contributed by atoms with E-state index in [0.29, 0.717) is 17.3 Å². The Morgan fingerprint density at radius 3 is 1.71 bits per heavy atom. The van der Waals surface area contributed by atoms with Gasteiger partial charge in [-0.2, -0.15) is 0 Å². The van der Waals surface area contributed by atoms with Gasteiger partial charge >= 0.3 is 0 Å². The summed E-state index contributed by atoms with van der Waals surface area (Å²) in [5.41, 5.74) is 15.9. The molecule has 2 aromatic rings. The van der Waals surface area contributed by atoms with Crippen LogP contribution in [0.1, 0.15) is 148 Å². The normalized spacial score (nSPS) is 38.6. The molecule has 6 bridgehead atoms. The lowest BCUT2D eigenvalue weighted by Gasteiger charge is -2.58. The smallest absolute Gasteiger partial charge is 0.0201 e. The van der Waals surface area contributed by atoms with Crippen LogP contribution in [0.4, 0.5) is 0 Å². The Morgan fingerprint density at radius 1 is 0.673 bits per heavy atom. The van der Waals surface area contributed by atoms with Gasteiger partial charge in [0.1, 0.15) is 0 Å². The molecular formula is C49H62. The molecule has 0 heterocycles. The second-order valence-corrected chi connectivity index (χ2v) is 21.5. The van der Waals surface area contributed by atoms with Crippen molar-refractivity contribution in [1.82, 2.24) is 0 Å². The van der Waals surface area contributed by atoms with Crippen molar-refractivity contribution in [2.24, 2.45) is 58.2 Å². The van der Waals surface area contributed by atoms with Crippen molar-refractivity contribution in [1.29, 1.82) is 0 Å². The van der Waals surface area contributed by atoms with Gasteiger partial charge in [-0.25, -0.2) is 0 Å². The Balaban J connectivity index is 1.18. The first-order valence-corrected chi connectivity index (χ1v) is 20.7. The highest BCUT2D eigenvalue weighted by atomic mass is 14.6. The maximum atomic E-state index is 2.96. The van der Waals surface area contributed by atoms with Crippen molar-refractivity contribution in [2.45, 2.75) is 136 Å². The summed E-state index contributed by atoms with van der Waals surface area (Å²) in [5, 5.41) is 0. The van der Waals surface area contributed by atoms with Crippen molar-refractivity contribution in [3.63, 3.8) is 0 Å². The summed E-state index contributed by atoms with van der Waals surface area (Å²) in [6.07, 6.45) is 22.8. The van der Waals surface area contributed by atoms with Gasteiger partial charge in [-0.1, -0.05) is 121 Å². The van der Waals surface area contributed by atoms with Crippen LogP contribution in [0.2, 0.25) is 0 Å². The lowest BCUT2D eigenvalue weighted by atomic mass is 9.47. The largest absolute Gasteiger partial charge is 0.0851 e. The molecule has 0 aliphatic heterocycles. The first kappa shape index (κ1) is 31.4. The van der Waals surface area contributed by atoms with Gasteiger partial charge in [-0.3, -0.25) is 0 Å². The van der Waals surface area contributed by atoms with E-state index < -0.39 is 0 Å². The quantitative estimate of drug-likeness (QED) is 0.289. The van der Waals surface area contributed by atoms with E-state index in [0.717, 1.165) is 41.4 Å². The minimum absolute atomic E-state index is 0.128. The van der Waals surface area contributed by atoms with Gasteiger partial charge in [0.25, 0.3) is 0 Å². The maximum Gasteiger partial charge on any atom is 0.0201 e. The predicted molar refractivity (Wildman–Crippen MR) is 206 cm³/mol. The average Bonchev–Trinajstić information content (AvgIpc) is 3.85. The summed E-state index contributed by atoms with van der Waals surface area (Å²) >= 11 is 0. The maximum absolute atomic E-state index is 2.96. The third kappa shape index (κ3) is 4.40. The molecule has 258 valence electrons. The number of hydrogen-bond acceptors (Lipinski definition) is 0. The number of fused-ring (bicyclic) bond motifs is 5. The Labute approximate surface area is 298 Å². The fourth-order valence-electron chi connectivity index (χ4n) is 14.4. The summed E-state index contributed by atoms with van der Waals surface area (Å²) in [7, 11) is 0. The molecule has 0 heteroatoms. The van der Waals surface area contributed by atoms with E-state index in [1.165, 1.54) is 86.5 Å². The Hall–Kier alpha value is -2.34. The molecule has 2 aromatic carbocycles. The van der Waals surface area contributed by atoms with E-state index in [-0.39, 0.29) is 16.2 Å². The van der Waals surface area contributed by atoms with Crippen LogP contribution in [0, 0.1) is 58.2 Å². The van der Waals surface area contributed by atoms with Gasteiger partial charge in [-0.05, 0) is 167 Å². The molecule has 9 aliphatic rings. The van der Waals surface area contributed by atoms with Crippen LogP contribution in [0.25, 0.3) is 11.1 Å². The summed E-state index contributed by atoms with van der Waals surface area (Å²) in [6, 6.07) is 15.3. The molecule has 0 amide bonds. The topological polar surface area (TPSA) is 0 Å². The molecule has 9 aliphatic carbocycles. The minimum Gasteiger partial charge on any atom is -0.0851 e. The monoisotopic (exact) mass is 650 g/mol. The van der Waals surface area contributed by atoms with E-state index in [1.54, 1.807) is 11.1 Å². The van der Waals surface area contributed by atoms with Crippen LogP contribution in [0.3, 0.4) is 0 Å². The molecule has 5 unspecified atom stereocenters. The van der Waals surface area contributed by atoms with E-state index >= 15 is 0 Å². The summed E-state index contributed by atoms with van der Waals surface area (Å²) in [4.78, 5) is 0. The van der Waals surface area contributed by atoms with Gasteiger partial charge in [0.05, 0.1) is 0 Å². The van der Waals surface area contributed by atoms with Crippen LogP contribution < -0.4 is 0 Å². The molecule has 5 atom stereocenters. The molecule has 11 rings (SSSR count). The van der Waals surface area contributed by atoms with Crippen molar-refractivity contribution in [2.75, 3.05) is 0 Å². The Morgan fingerprint density at radius 2 is 1.24 bits per heavy atom. The van der Waals surface area contributed by atoms with Crippen LogP contribution in [-0.4, -0.2) is 0 Å². The molecule has 0 aromatic heterocycles. The molecule has 0 radical (unpaired) electrons. The average molecular weight is 651 g/mol. The Kier molecular flexibility index (Phi) is 6.51. The molecule has 49 heavy (non-hydrogen) atoms. The lowest BCUT2D eigenvalue weighted by Crippen LogP contribution is -2.47. The molecular weight excluding hydrogens is 589 g/mol. The van der Waals surface area contributed by atoms with Gasteiger partial charge in [0.2, 0.25) is 0 Å². The molecule has 5 fully saturated rings. The van der Waals surface area contributed by atoms with E-state index in [2.05, 4.69) is 110 Å². The molecule has 0 N–H and O–H groups in total. The molecule has 5 saturated carbocycles. The van der Waals surface area contributed by atoms with Crippen LogP contribution in [-0.2, 0) is 10.8 Å². The van der Waals surface area contributed by atoms with Gasteiger partial charge in [-0.15, -0.1) is 0 Å². The van der Waals surface area contributed by atoms with Crippen molar-refractivity contribution in [3.05, 3.63) is 93.6 Å². The van der Waals surface area contributed by atoms with Crippen LogP contribution >= 0.6 is 0 Å². The fourth-order valence-corrected chi connectivity index (χ4v) is 14.4. The van der Waals surface area contributed by atoms with E-state index in [4.69, 9.17) is 0 Å². The van der Waals surface area contributed by atoms with Crippen LogP contribution in [0.5, 0.6) is 0 Å². The number of allylic oxidation sites excluding steroid dienone is 6. The summed E-state index contributed by atoms with van der Waals surface area (Å²) < 4.78 is 0. The zero-order valence-electron chi connectivity index (χ0n) is 32.0. The van der Waals surface area contributed by atoms with Gasteiger partial charge in [0, 0.05) is 11.3 Å². The SMILES string of the molecule is CC(C)C1(C2c3cc(C(C)(C)C)ccc3-c3ccc(C(C)(C)C)cc32)CC(C2CC3C=CC2C3)C2=C1C=C(C13CC4CC(CC(C4)C1)C3)C2. The number of rotatable bonds is 4. The van der Waals surface area contributed by atoms with Crippen molar-refractivity contribution < 1.29 is 0 Å². The highest BCUT2D eigenvalue weighted by Crippen LogP contribution is 2.72. The molecule has 0 saturated heterocycles. The summed E-state index contributed by atoms with van der Waals surface area (Å²) in [6.45, 7) is 19.7. The number of benzene rings is 2. The zero-order chi connectivity index (χ0) is 33.8. The fraction of sp³-hybridized carbons (Fsp3) is 0.633. The predicted octanol–water partition coefficient (Wildman–Crippen LogP) is 13.1. The first-order valence-electron chi connectivity index (χ1n) is 20.7. The third-order valence-electron chi connectivity index (χ3n) is 16.4. The third-order valence-corrected chi connectivity index (χ3v) is 16.4. The Bertz CT molecular complexity index is 1720. The molecule has 0 nitrogen and oxygen atoms in total. The second kappa shape index (κ2) is 10.2. The van der Waals surface area contributed by atoms with Crippen molar-refractivity contribution >= 4 is 0 Å². The highest BCUT2D eigenvalue weighted by molar-refractivity contribution is 5.81. The lowest BCUT2D eigenvalue weighted by molar-refractivity contribution is -0.0316. The summed E-state index contributed by atoms with van der Waals surface area (Å²) in [5.74, 6) is 7.22.